The third-order valence-corrected chi connectivity index (χ3v) is 5.10. The summed E-state index contributed by atoms with van der Waals surface area (Å²) in [6, 6.07) is 11.6. The van der Waals surface area contributed by atoms with Gasteiger partial charge in [-0.1, -0.05) is 32.9 Å². The molecule has 5 heteroatoms. The second-order valence-corrected chi connectivity index (χ2v) is 8.00. The van der Waals surface area contributed by atoms with Crippen molar-refractivity contribution < 1.29 is 9.53 Å². The zero-order valence-electron chi connectivity index (χ0n) is 15.5. The number of ether oxygens (including phenoxy) is 1. The fraction of sp³-hybridized carbons (Fsp3) is 0.350. The molecule has 0 radical (unpaired) electrons. The number of carbonyl (C=O) groups is 1. The molecule has 0 aliphatic heterocycles. The van der Waals surface area contributed by atoms with Gasteiger partial charge in [-0.3, -0.25) is 4.79 Å². The van der Waals surface area contributed by atoms with Crippen LogP contribution in [0.25, 0.3) is 0 Å². The Morgan fingerprint density at radius 3 is 2.60 bits per heavy atom. The van der Waals surface area contributed by atoms with Crippen LogP contribution in [0.5, 0.6) is 5.75 Å². The number of carbonyl (C=O) groups excluding carboxylic acids is 1. The SMILES string of the molecule is COc1ccc(N)cc1CSc1c(C)cccc1NC(=O)C(C)(C)C. The fourth-order valence-electron chi connectivity index (χ4n) is 2.31. The Hall–Kier alpha value is -2.14. The number of nitrogens with one attached hydrogen (secondary N) is 1. The Labute approximate surface area is 154 Å². The average molecular weight is 359 g/mol. The van der Waals surface area contributed by atoms with E-state index in [0.29, 0.717) is 11.4 Å². The van der Waals surface area contributed by atoms with E-state index in [1.54, 1.807) is 18.9 Å². The van der Waals surface area contributed by atoms with Gasteiger partial charge in [0.05, 0.1) is 12.8 Å². The third kappa shape index (κ3) is 4.92. The van der Waals surface area contributed by atoms with Crippen LogP contribution in [0.2, 0.25) is 0 Å². The normalized spacial score (nSPS) is 11.2. The van der Waals surface area contributed by atoms with Gasteiger partial charge in [-0.15, -0.1) is 11.8 Å². The van der Waals surface area contributed by atoms with Gasteiger partial charge in [-0.2, -0.15) is 0 Å². The van der Waals surface area contributed by atoms with Gasteiger partial charge in [0.15, 0.2) is 0 Å². The van der Waals surface area contributed by atoms with Crippen molar-refractivity contribution in [2.24, 2.45) is 5.41 Å². The van der Waals surface area contributed by atoms with E-state index in [2.05, 4.69) is 5.32 Å². The van der Waals surface area contributed by atoms with Gasteiger partial charge in [-0.05, 0) is 36.8 Å². The van der Waals surface area contributed by atoms with E-state index in [1.165, 1.54) is 0 Å². The lowest BCUT2D eigenvalue weighted by molar-refractivity contribution is -0.123. The molecule has 0 atom stereocenters. The molecule has 3 N–H and O–H groups in total. The number of nitrogens with two attached hydrogens (primary N) is 1. The van der Waals surface area contributed by atoms with Crippen molar-refractivity contribution in [3.63, 3.8) is 0 Å². The highest BCUT2D eigenvalue weighted by atomic mass is 32.2. The minimum atomic E-state index is -0.442. The van der Waals surface area contributed by atoms with Crippen LogP contribution in [0.3, 0.4) is 0 Å². The molecule has 2 aromatic carbocycles. The van der Waals surface area contributed by atoms with E-state index in [0.717, 1.165) is 27.5 Å². The Morgan fingerprint density at radius 2 is 1.96 bits per heavy atom. The van der Waals surface area contributed by atoms with E-state index in [4.69, 9.17) is 10.5 Å². The first-order valence-corrected chi connectivity index (χ1v) is 9.17. The fourth-order valence-corrected chi connectivity index (χ4v) is 3.41. The Morgan fingerprint density at radius 1 is 1.24 bits per heavy atom. The highest BCUT2D eigenvalue weighted by Gasteiger charge is 2.22. The first-order chi connectivity index (χ1) is 11.7. The molecule has 0 aromatic heterocycles. The van der Waals surface area contributed by atoms with Crippen LogP contribution < -0.4 is 15.8 Å². The molecule has 2 rings (SSSR count). The van der Waals surface area contributed by atoms with Crippen LogP contribution in [0.4, 0.5) is 11.4 Å². The monoisotopic (exact) mass is 358 g/mol. The summed E-state index contributed by atoms with van der Waals surface area (Å²) in [5, 5.41) is 3.05. The van der Waals surface area contributed by atoms with E-state index < -0.39 is 5.41 Å². The summed E-state index contributed by atoms with van der Waals surface area (Å²) < 4.78 is 5.42. The maximum Gasteiger partial charge on any atom is 0.229 e. The molecule has 0 fully saturated rings. The molecule has 25 heavy (non-hydrogen) atoms. The summed E-state index contributed by atoms with van der Waals surface area (Å²) >= 11 is 1.67. The van der Waals surface area contributed by atoms with E-state index in [1.807, 2.05) is 64.1 Å². The molecular weight excluding hydrogens is 332 g/mol. The number of benzene rings is 2. The molecule has 0 saturated heterocycles. The van der Waals surface area contributed by atoms with Crippen LogP contribution in [0, 0.1) is 12.3 Å². The van der Waals surface area contributed by atoms with Gasteiger partial charge in [-0.25, -0.2) is 0 Å². The molecule has 0 aliphatic carbocycles. The Bertz CT molecular complexity index is 767. The largest absolute Gasteiger partial charge is 0.496 e. The number of hydrogen-bond acceptors (Lipinski definition) is 4. The van der Waals surface area contributed by atoms with Crippen molar-refractivity contribution >= 4 is 29.0 Å². The lowest BCUT2D eigenvalue weighted by Gasteiger charge is -2.20. The van der Waals surface area contributed by atoms with Crippen molar-refractivity contribution in [3.8, 4) is 5.75 Å². The molecule has 0 aliphatic rings. The topological polar surface area (TPSA) is 64.3 Å². The smallest absolute Gasteiger partial charge is 0.229 e. The lowest BCUT2D eigenvalue weighted by atomic mass is 9.95. The van der Waals surface area contributed by atoms with Gasteiger partial charge in [0, 0.05) is 27.3 Å². The van der Waals surface area contributed by atoms with Gasteiger partial charge < -0.3 is 15.8 Å². The summed E-state index contributed by atoms with van der Waals surface area (Å²) in [6.07, 6.45) is 0. The predicted molar refractivity (Wildman–Crippen MR) is 106 cm³/mol. The summed E-state index contributed by atoms with van der Waals surface area (Å²) in [5.74, 6) is 1.52. The molecule has 0 unspecified atom stereocenters. The summed E-state index contributed by atoms with van der Waals surface area (Å²) in [5.41, 5.74) is 9.17. The predicted octanol–water partition coefficient (Wildman–Crippen LogP) is 4.86. The van der Waals surface area contributed by atoms with Crippen molar-refractivity contribution in [1.82, 2.24) is 0 Å². The zero-order valence-corrected chi connectivity index (χ0v) is 16.3. The minimum Gasteiger partial charge on any atom is -0.496 e. The van der Waals surface area contributed by atoms with Crippen LogP contribution in [0.15, 0.2) is 41.3 Å². The van der Waals surface area contributed by atoms with E-state index >= 15 is 0 Å². The molecular formula is C20H26N2O2S. The number of aryl methyl sites for hydroxylation is 1. The van der Waals surface area contributed by atoms with Crippen LogP contribution in [-0.2, 0) is 10.5 Å². The maximum atomic E-state index is 12.4. The number of nitrogen functional groups attached to an aromatic ring is 1. The molecule has 1 amide bonds. The number of anilines is 2. The van der Waals surface area contributed by atoms with Gasteiger partial charge in [0.25, 0.3) is 0 Å². The van der Waals surface area contributed by atoms with E-state index in [9.17, 15) is 4.79 Å². The van der Waals surface area contributed by atoms with Gasteiger partial charge in [0.2, 0.25) is 5.91 Å². The minimum absolute atomic E-state index is 0.00138. The average Bonchev–Trinajstić information content (AvgIpc) is 2.53. The van der Waals surface area contributed by atoms with Crippen molar-refractivity contribution in [2.45, 2.75) is 38.3 Å². The zero-order chi connectivity index (χ0) is 18.6. The number of hydrogen-bond donors (Lipinski definition) is 2. The molecule has 4 nitrogen and oxygen atoms in total. The molecule has 0 saturated carbocycles. The molecule has 0 spiro atoms. The summed E-state index contributed by atoms with van der Waals surface area (Å²) in [7, 11) is 1.66. The van der Waals surface area contributed by atoms with Crippen molar-refractivity contribution in [1.29, 1.82) is 0 Å². The van der Waals surface area contributed by atoms with Crippen molar-refractivity contribution in [2.75, 3.05) is 18.2 Å². The number of rotatable bonds is 5. The Kier molecular flexibility index (Phi) is 6.01. The third-order valence-electron chi connectivity index (χ3n) is 3.82. The van der Waals surface area contributed by atoms with Gasteiger partial charge >= 0.3 is 0 Å². The number of methoxy groups -OCH3 is 1. The summed E-state index contributed by atoms with van der Waals surface area (Å²) in [6.45, 7) is 7.76. The van der Waals surface area contributed by atoms with Gasteiger partial charge in [0.1, 0.15) is 5.75 Å². The van der Waals surface area contributed by atoms with Crippen LogP contribution in [0.1, 0.15) is 31.9 Å². The Balaban J connectivity index is 2.25. The molecule has 2 aromatic rings. The highest BCUT2D eigenvalue weighted by Crippen LogP contribution is 2.36. The summed E-state index contributed by atoms with van der Waals surface area (Å²) in [4.78, 5) is 13.4. The quantitative estimate of drug-likeness (QED) is 0.591. The second kappa shape index (κ2) is 7.83. The first-order valence-electron chi connectivity index (χ1n) is 8.18. The standard InChI is InChI=1S/C20H26N2O2S/c1-13-7-6-8-16(22-19(23)20(2,3)4)18(13)25-12-14-11-15(21)9-10-17(14)24-5/h6-11H,12,21H2,1-5H3,(H,22,23). The number of amides is 1. The molecule has 134 valence electrons. The molecule has 0 bridgehead atoms. The second-order valence-electron chi connectivity index (χ2n) is 7.02. The molecule has 0 heterocycles. The number of thioether (sulfide) groups is 1. The first kappa shape index (κ1) is 19.2. The van der Waals surface area contributed by atoms with Crippen LogP contribution in [-0.4, -0.2) is 13.0 Å². The highest BCUT2D eigenvalue weighted by molar-refractivity contribution is 7.98. The lowest BCUT2D eigenvalue weighted by Crippen LogP contribution is -2.27. The van der Waals surface area contributed by atoms with E-state index in [-0.39, 0.29) is 5.91 Å². The van der Waals surface area contributed by atoms with Crippen LogP contribution >= 0.6 is 11.8 Å². The van der Waals surface area contributed by atoms with Crippen molar-refractivity contribution in [3.05, 3.63) is 47.5 Å². The maximum absolute atomic E-state index is 12.4.